The summed E-state index contributed by atoms with van der Waals surface area (Å²) in [7, 11) is 0. The molecule has 0 amide bonds. The molecule has 0 unspecified atom stereocenters. The topological polar surface area (TPSA) is 37.8 Å². The molecule has 0 radical (unpaired) electrons. The number of hydrogen-bond acceptors (Lipinski definition) is 3. The van der Waals surface area contributed by atoms with Crippen molar-refractivity contribution in [2.24, 2.45) is 5.41 Å². The number of hydrogen-bond donors (Lipinski definition) is 1. The van der Waals surface area contributed by atoms with E-state index in [1.165, 1.54) is 32.1 Å². The summed E-state index contributed by atoms with van der Waals surface area (Å²) in [6, 6.07) is 0. The van der Waals surface area contributed by atoms with Gasteiger partial charge in [-0.3, -0.25) is 0 Å². The van der Waals surface area contributed by atoms with Gasteiger partial charge in [0.25, 0.3) is 0 Å². The van der Waals surface area contributed by atoms with E-state index in [2.05, 4.69) is 22.4 Å². The van der Waals surface area contributed by atoms with Gasteiger partial charge in [-0.2, -0.15) is 0 Å². The van der Waals surface area contributed by atoms with Crippen LogP contribution < -0.4 is 5.32 Å². The first-order valence-electron chi connectivity index (χ1n) is 6.81. The van der Waals surface area contributed by atoms with Gasteiger partial charge in [-0.1, -0.05) is 31.4 Å². The van der Waals surface area contributed by atoms with Gasteiger partial charge < -0.3 is 5.32 Å². The van der Waals surface area contributed by atoms with E-state index in [9.17, 15) is 0 Å². The maximum atomic E-state index is 5.97. The van der Waals surface area contributed by atoms with Crippen molar-refractivity contribution in [2.45, 2.75) is 52.9 Å². The highest BCUT2D eigenvalue weighted by atomic mass is 35.5. The van der Waals surface area contributed by atoms with Gasteiger partial charge in [-0.15, -0.1) is 10.2 Å². The summed E-state index contributed by atoms with van der Waals surface area (Å²) in [6.45, 7) is 7.33. The molecule has 0 bridgehead atoms. The molecule has 1 aromatic rings. The zero-order valence-corrected chi connectivity index (χ0v) is 12.3. The molecule has 1 aliphatic carbocycles. The number of rotatable bonds is 4. The van der Waals surface area contributed by atoms with Crippen LogP contribution in [0.4, 0.5) is 5.82 Å². The summed E-state index contributed by atoms with van der Waals surface area (Å²) in [5.41, 5.74) is 2.59. The SMILES string of the molecule is CCC1(CNc2nnc(Cl)c(C)c2C)CCCC1. The fourth-order valence-electron chi connectivity index (χ4n) is 2.80. The van der Waals surface area contributed by atoms with Crippen LogP contribution in [0.5, 0.6) is 0 Å². The molecule has 0 aliphatic heterocycles. The van der Waals surface area contributed by atoms with Crippen molar-refractivity contribution in [1.82, 2.24) is 10.2 Å². The lowest BCUT2D eigenvalue weighted by Crippen LogP contribution is -2.26. The highest BCUT2D eigenvalue weighted by molar-refractivity contribution is 6.30. The van der Waals surface area contributed by atoms with E-state index in [1.54, 1.807) is 0 Å². The highest BCUT2D eigenvalue weighted by Crippen LogP contribution is 2.41. The zero-order valence-electron chi connectivity index (χ0n) is 11.5. The van der Waals surface area contributed by atoms with Crippen LogP contribution in [-0.2, 0) is 0 Å². The lowest BCUT2D eigenvalue weighted by molar-refractivity contribution is 0.306. The smallest absolute Gasteiger partial charge is 0.155 e. The first kappa shape index (κ1) is 13.6. The van der Waals surface area contributed by atoms with Gasteiger partial charge in [0.2, 0.25) is 0 Å². The number of aromatic nitrogens is 2. The molecule has 3 nitrogen and oxygen atoms in total. The molecule has 0 atom stereocenters. The first-order valence-corrected chi connectivity index (χ1v) is 7.19. The minimum Gasteiger partial charge on any atom is -0.368 e. The average Bonchev–Trinajstić information content (AvgIpc) is 2.85. The van der Waals surface area contributed by atoms with E-state index < -0.39 is 0 Å². The fourth-order valence-corrected chi connectivity index (χ4v) is 2.98. The largest absolute Gasteiger partial charge is 0.368 e. The molecule has 0 spiro atoms. The molecule has 1 fully saturated rings. The van der Waals surface area contributed by atoms with Crippen LogP contribution in [0.25, 0.3) is 0 Å². The fraction of sp³-hybridized carbons (Fsp3) is 0.714. The summed E-state index contributed by atoms with van der Waals surface area (Å²) in [6.07, 6.45) is 6.61. The van der Waals surface area contributed by atoms with Crippen LogP contribution in [0.2, 0.25) is 5.15 Å². The van der Waals surface area contributed by atoms with Crippen LogP contribution >= 0.6 is 11.6 Å². The Hall–Kier alpha value is -0.830. The molecule has 1 N–H and O–H groups in total. The Morgan fingerprint density at radius 2 is 1.83 bits per heavy atom. The molecule has 100 valence electrons. The summed E-state index contributed by atoms with van der Waals surface area (Å²) in [4.78, 5) is 0. The summed E-state index contributed by atoms with van der Waals surface area (Å²) in [5, 5.41) is 12.1. The van der Waals surface area contributed by atoms with Crippen molar-refractivity contribution in [1.29, 1.82) is 0 Å². The van der Waals surface area contributed by atoms with Crippen LogP contribution in [0.3, 0.4) is 0 Å². The molecule has 0 aromatic carbocycles. The Morgan fingerprint density at radius 3 is 2.44 bits per heavy atom. The lowest BCUT2D eigenvalue weighted by atomic mass is 9.83. The highest BCUT2D eigenvalue weighted by Gasteiger charge is 2.31. The molecule has 18 heavy (non-hydrogen) atoms. The molecule has 1 heterocycles. The number of nitrogens with zero attached hydrogens (tertiary/aromatic N) is 2. The van der Waals surface area contributed by atoms with Crippen molar-refractivity contribution < 1.29 is 0 Å². The van der Waals surface area contributed by atoms with Crippen LogP contribution in [0.1, 0.15) is 50.2 Å². The van der Waals surface area contributed by atoms with E-state index in [-0.39, 0.29) is 0 Å². The third kappa shape index (κ3) is 2.61. The van der Waals surface area contributed by atoms with Gasteiger partial charge in [0.05, 0.1) is 0 Å². The molecule has 2 rings (SSSR count). The zero-order chi connectivity index (χ0) is 13.2. The average molecular weight is 268 g/mol. The summed E-state index contributed by atoms with van der Waals surface area (Å²) < 4.78 is 0. The monoisotopic (exact) mass is 267 g/mol. The maximum Gasteiger partial charge on any atom is 0.155 e. The molecular weight excluding hydrogens is 246 g/mol. The molecule has 1 saturated carbocycles. The second-order valence-corrected chi connectivity index (χ2v) is 5.86. The second-order valence-electron chi connectivity index (χ2n) is 5.50. The van der Waals surface area contributed by atoms with Crippen molar-refractivity contribution in [2.75, 3.05) is 11.9 Å². The van der Waals surface area contributed by atoms with Gasteiger partial charge in [0.15, 0.2) is 11.0 Å². The summed E-state index contributed by atoms with van der Waals surface area (Å²) in [5.74, 6) is 0.886. The van der Waals surface area contributed by atoms with Gasteiger partial charge in [0.1, 0.15) is 0 Å². The number of anilines is 1. The van der Waals surface area contributed by atoms with E-state index in [0.717, 1.165) is 23.5 Å². The molecule has 0 saturated heterocycles. The van der Waals surface area contributed by atoms with Gasteiger partial charge in [0, 0.05) is 6.54 Å². The third-order valence-corrected chi connectivity index (χ3v) is 4.87. The van der Waals surface area contributed by atoms with E-state index >= 15 is 0 Å². The van der Waals surface area contributed by atoms with Gasteiger partial charge in [-0.25, -0.2) is 0 Å². The molecular formula is C14H22ClN3. The van der Waals surface area contributed by atoms with Crippen LogP contribution in [-0.4, -0.2) is 16.7 Å². The van der Waals surface area contributed by atoms with Crippen molar-refractivity contribution in [3.8, 4) is 0 Å². The lowest BCUT2D eigenvalue weighted by Gasteiger charge is -2.28. The molecule has 1 aromatic heterocycles. The minimum atomic E-state index is 0.460. The molecule has 4 heteroatoms. The Morgan fingerprint density at radius 1 is 1.17 bits per heavy atom. The quantitative estimate of drug-likeness (QED) is 0.891. The van der Waals surface area contributed by atoms with E-state index in [1.807, 2.05) is 13.8 Å². The number of nitrogens with one attached hydrogen (secondary N) is 1. The van der Waals surface area contributed by atoms with Crippen molar-refractivity contribution >= 4 is 17.4 Å². The minimum absolute atomic E-state index is 0.460. The predicted octanol–water partition coefficient (Wildman–Crippen LogP) is 4.13. The standard InChI is InChI=1S/C14H22ClN3/c1-4-14(7-5-6-8-14)9-16-13-11(3)10(2)12(15)17-18-13/h4-9H2,1-3H3,(H,16,18). The van der Waals surface area contributed by atoms with Crippen molar-refractivity contribution in [3.63, 3.8) is 0 Å². The predicted molar refractivity (Wildman–Crippen MR) is 76.2 cm³/mol. The number of halogens is 1. The Labute approximate surface area is 114 Å². The maximum absolute atomic E-state index is 5.97. The summed E-state index contributed by atoms with van der Waals surface area (Å²) >= 11 is 5.97. The van der Waals surface area contributed by atoms with E-state index in [4.69, 9.17) is 11.6 Å². The Bertz CT molecular complexity index is 425. The Kier molecular flexibility index (Phi) is 4.10. The normalized spacial score (nSPS) is 18.0. The van der Waals surface area contributed by atoms with Gasteiger partial charge in [-0.05, 0) is 49.7 Å². The van der Waals surface area contributed by atoms with Crippen LogP contribution in [0.15, 0.2) is 0 Å². The van der Waals surface area contributed by atoms with E-state index in [0.29, 0.717) is 10.6 Å². The van der Waals surface area contributed by atoms with Crippen molar-refractivity contribution in [3.05, 3.63) is 16.3 Å². The Balaban J connectivity index is 2.08. The second kappa shape index (κ2) is 5.43. The first-order chi connectivity index (χ1) is 8.58. The van der Waals surface area contributed by atoms with Gasteiger partial charge >= 0.3 is 0 Å². The van der Waals surface area contributed by atoms with Crippen LogP contribution in [0, 0.1) is 19.3 Å². The third-order valence-electron chi connectivity index (χ3n) is 4.51. The molecule has 1 aliphatic rings.